The van der Waals surface area contributed by atoms with E-state index in [9.17, 15) is 4.79 Å². The maximum absolute atomic E-state index is 13.1. The van der Waals surface area contributed by atoms with E-state index in [1.807, 2.05) is 17.9 Å². The standard InChI is InChI=1S/C19H31N5O.2ClH/c1-22(10-14-3-4-14)11-15-5-6-24(12-15)19(25)18-9-20-8-17(18)16-7-21-23(2)13-16;;/h7,13-15,17-18,20H,3-6,8-12H2,1-2H3;2*1H/t15?,17-,18+;;/m1../s1. The lowest BCUT2D eigenvalue weighted by atomic mass is 9.90. The van der Waals surface area contributed by atoms with E-state index in [0.29, 0.717) is 11.8 Å². The first-order valence-corrected chi connectivity index (χ1v) is 9.76. The summed E-state index contributed by atoms with van der Waals surface area (Å²) in [6.07, 6.45) is 7.93. The number of rotatable bonds is 6. The molecule has 1 N–H and O–H groups in total. The Morgan fingerprint density at radius 2 is 1.96 bits per heavy atom. The molecule has 27 heavy (non-hydrogen) atoms. The highest BCUT2D eigenvalue weighted by atomic mass is 35.5. The molecule has 3 aliphatic rings. The Morgan fingerprint density at radius 1 is 1.22 bits per heavy atom. The van der Waals surface area contributed by atoms with Crippen molar-refractivity contribution in [1.29, 1.82) is 0 Å². The molecule has 3 atom stereocenters. The smallest absolute Gasteiger partial charge is 0.227 e. The first kappa shape index (κ1) is 22.5. The predicted octanol–water partition coefficient (Wildman–Crippen LogP) is 1.76. The van der Waals surface area contributed by atoms with Crippen LogP contribution in [0.5, 0.6) is 0 Å². The molecule has 3 heterocycles. The van der Waals surface area contributed by atoms with Crippen molar-refractivity contribution < 1.29 is 4.79 Å². The molecule has 4 rings (SSSR count). The fraction of sp³-hybridized carbons (Fsp3) is 0.789. The van der Waals surface area contributed by atoms with Crippen LogP contribution in [0.4, 0.5) is 0 Å². The number of nitrogens with zero attached hydrogens (tertiary/aromatic N) is 4. The largest absolute Gasteiger partial charge is 0.342 e. The van der Waals surface area contributed by atoms with E-state index >= 15 is 0 Å². The molecular formula is C19H33Cl2N5O. The summed E-state index contributed by atoms with van der Waals surface area (Å²) in [6.45, 7) is 5.90. The number of hydrogen-bond acceptors (Lipinski definition) is 4. The van der Waals surface area contributed by atoms with Gasteiger partial charge in [0.2, 0.25) is 5.91 Å². The van der Waals surface area contributed by atoms with Crippen molar-refractivity contribution in [2.24, 2.45) is 24.8 Å². The third-order valence-corrected chi connectivity index (χ3v) is 6.12. The van der Waals surface area contributed by atoms with Crippen LogP contribution in [0.1, 0.15) is 30.7 Å². The monoisotopic (exact) mass is 417 g/mol. The van der Waals surface area contributed by atoms with Crippen LogP contribution in [0.3, 0.4) is 0 Å². The summed E-state index contributed by atoms with van der Waals surface area (Å²) in [6, 6.07) is 0. The van der Waals surface area contributed by atoms with Crippen molar-refractivity contribution in [3.8, 4) is 0 Å². The van der Waals surface area contributed by atoms with Gasteiger partial charge in [-0.15, -0.1) is 24.8 Å². The minimum atomic E-state index is 0. The van der Waals surface area contributed by atoms with E-state index in [2.05, 4.69) is 33.5 Å². The Hall–Kier alpha value is -0.820. The van der Waals surface area contributed by atoms with Gasteiger partial charge in [-0.25, -0.2) is 0 Å². The van der Waals surface area contributed by atoms with E-state index in [1.165, 1.54) is 24.9 Å². The first-order valence-electron chi connectivity index (χ1n) is 9.76. The molecule has 1 aromatic rings. The quantitative estimate of drug-likeness (QED) is 0.765. The molecule has 0 radical (unpaired) electrons. The molecule has 2 aliphatic heterocycles. The molecule has 0 spiro atoms. The minimum Gasteiger partial charge on any atom is -0.342 e. The Kier molecular flexibility index (Phi) is 7.98. The van der Waals surface area contributed by atoms with Crippen molar-refractivity contribution in [2.45, 2.75) is 25.2 Å². The van der Waals surface area contributed by atoms with Gasteiger partial charge in [-0.05, 0) is 43.7 Å². The zero-order valence-electron chi connectivity index (χ0n) is 16.3. The van der Waals surface area contributed by atoms with Crippen LogP contribution >= 0.6 is 24.8 Å². The van der Waals surface area contributed by atoms with Gasteiger partial charge in [0, 0.05) is 58.4 Å². The fourth-order valence-electron chi connectivity index (χ4n) is 4.59. The normalized spacial score (nSPS) is 27.5. The second-order valence-corrected chi connectivity index (χ2v) is 8.42. The van der Waals surface area contributed by atoms with Gasteiger partial charge in [0.25, 0.3) is 0 Å². The molecule has 1 amide bonds. The van der Waals surface area contributed by atoms with Gasteiger partial charge >= 0.3 is 0 Å². The molecule has 1 aromatic heterocycles. The lowest BCUT2D eigenvalue weighted by molar-refractivity contribution is -0.134. The highest BCUT2D eigenvalue weighted by Crippen LogP contribution is 2.32. The minimum absolute atomic E-state index is 0. The zero-order chi connectivity index (χ0) is 17.4. The summed E-state index contributed by atoms with van der Waals surface area (Å²) in [5, 5.41) is 7.70. The molecule has 1 saturated carbocycles. The third kappa shape index (κ3) is 5.37. The number of likely N-dealkylation sites (tertiary alicyclic amines) is 1. The Labute approximate surface area is 174 Å². The van der Waals surface area contributed by atoms with Gasteiger partial charge < -0.3 is 15.1 Å². The number of aryl methyl sites for hydroxylation is 1. The summed E-state index contributed by atoms with van der Waals surface area (Å²) in [7, 11) is 4.17. The number of halogens is 2. The van der Waals surface area contributed by atoms with Gasteiger partial charge in [0.1, 0.15) is 0 Å². The lowest BCUT2D eigenvalue weighted by Gasteiger charge is -2.25. The fourth-order valence-corrected chi connectivity index (χ4v) is 4.59. The first-order chi connectivity index (χ1) is 12.1. The Bertz CT molecular complexity index is 621. The van der Waals surface area contributed by atoms with E-state index in [1.54, 1.807) is 0 Å². The number of hydrogen-bond donors (Lipinski definition) is 1. The SMILES string of the molecule is CN(CC1CC1)CC1CCN(C(=O)[C@H]2CNC[C@@H]2c2cnn(C)c2)C1.Cl.Cl. The van der Waals surface area contributed by atoms with Gasteiger partial charge in [-0.1, -0.05) is 0 Å². The summed E-state index contributed by atoms with van der Waals surface area (Å²) in [4.78, 5) is 17.7. The van der Waals surface area contributed by atoms with Crippen LogP contribution in [0, 0.1) is 17.8 Å². The molecule has 0 aromatic carbocycles. The number of nitrogens with one attached hydrogen (secondary N) is 1. The van der Waals surface area contributed by atoms with Crippen LogP contribution < -0.4 is 5.32 Å². The van der Waals surface area contributed by atoms with Crippen molar-refractivity contribution in [3.63, 3.8) is 0 Å². The molecule has 154 valence electrons. The maximum Gasteiger partial charge on any atom is 0.227 e. The average molecular weight is 418 g/mol. The van der Waals surface area contributed by atoms with E-state index in [-0.39, 0.29) is 36.6 Å². The van der Waals surface area contributed by atoms with Crippen LogP contribution in [0.2, 0.25) is 0 Å². The zero-order valence-corrected chi connectivity index (χ0v) is 18.0. The highest BCUT2D eigenvalue weighted by molar-refractivity contribution is 5.85. The average Bonchev–Trinajstić information content (AvgIpc) is 3.00. The van der Waals surface area contributed by atoms with Crippen LogP contribution in [-0.4, -0.2) is 71.8 Å². The lowest BCUT2D eigenvalue weighted by Crippen LogP contribution is -2.38. The molecule has 2 saturated heterocycles. The topological polar surface area (TPSA) is 53.4 Å². The highest BCUT2D eigenvalue weighted by Gasteiger charge is 2.39. The maximum atomic E-state index is 13.1. The summed E-state index contributed by atoms with van der Waals surface area (Å²) in [5.74, 6) is 2.24. The molecule has 1 unspecified atom stereocenters. The number of aromatic nitrogens is 2. The second kappa shape index (κ2) is 9.59. The van der Waals surface area contributed by atoms with Gasteiger partial charge in [-0.2, -0.15) is 5.10 Å². The van der Waals surface area contributed by atoms with E-state index in [0.717, 1.165) is 45.1 Å². The second-order valence-electron chi connectivity index (χ2n) is 8.42. The molecule has 0 bridgehead atoms. The van der Waals surface area contributed by atoms with Crippen LogP contribution in [0.25, 0.3) is 0 Å². The van der Waals surface area contributed by atoms with Crippen LogP contribution in [0.15, 0.2) is 12.4 Å². The predicted molar refractivity (Wildman–Crippen MR) is 112 cm³/mol. The van der Waals surface area contributed by atoms with Crippen molar-refractivity contribution in [1.82, 2.24) is 24.9 Å². The molecular weight excluding hydrogens is 385 g/mol. The van der Waals surface area contributed by atoms with Gasteiger partial charge in [-0.3, -0.25) is 9.48 Å². The molecule has 1 aliphatic carbocycles. The Morgan fingerprint density at radius 3 is 2.63 bits per heavy atom. The molecule has 6 nitrogen and oxygen atoms in total. The third-order valence-electron chi connectivity index (χ3n) is 6.12. The van der Waals surface area contributed by atoms with E-state index < -0.39 is 0 Å². The van der Waals surface area contributed by atoms with Crippen molar-refractivity contribution in [2.75, 3.05) is 46.3 Å². The molecule has 3 fully saturated rings. The van der Waals surface area contributed by atoms with Crippen LogP contribution in [-0.2, 0) is 11.8 Å². The van der Waals surface area contributed by atoms with E-state index in [4.69, 9.17) is 0 Å². The number of carbonyl (C=O) groups is 1. The number of carbonyl (C=O) groups excluding carboxylic acids is 1. The van der Waals surface area contributed by atoms with Crippen molar-refractivity contribution in [3.05, 3.63) is 18.0 Å². The van der Waals surface area contributed by atoms with Crippen molar-refractivity contribution >= 4 is 30.7 Å². The number of amides is 1. The Balaban J connectivity index is 0.00000131. The summed E-state index contributed by atoms with van der Waals surface area (Å²) >= 11 is 0. The summed E-state index contributed by atoms with van der Waals surface area (Å²) in [5.41, 5.74) is 1.19. The van der Waals surface area contributed by atoms with Gasteiger partial charge in [0.05, 0.1) is 12.1 Å². The summed E-state index contributed by atoms with van der Waals surface area (Å²) < 4.78 is 1.83. The molecule has 8 heteroatoms. The van der Waals surface area contributed by atoms with Gasteiger partial charge in [0.15, 0.2) is 0 Å².